The van der Waals surface area contributed by atoms with E-state index < -0.39 is 28.5 Å². The minimum Gasteiger partial charge on any atom is -0.352 e. The van der Waals surface area contributed by atoms with E-state index in [1.165, 1.54) is 17.0 Å². The van der Waals surface area contributed by atoms with Gasteiger partial charge in [0.15, 0.2) is 0 Å². The zero-order valence-corrected chi connectivity index (χ0v) is 21.4. The van der Waals surface area contributed by atoms with Gasteiger partial charge in [0.05, 0.1) is 22.0 Å². The second kappa shape index (κ2) is 11.7. The average molecular weight is 514 g/mol. The largest absolute Gasteiger partial charge is 0.352 e. The highest BCUT2D eigenvalue weighted by Crippen LogP contribution is 2.33. The molecule has 2 amide bonds. The monoisotopic (exact) mass is 513 g/mol. The van der Waals surface area contributed by atoms with Crippen molar-refractivity contribution in [2.24, 2.45) is 0 Å². The fourth-order valence-electron chi connectivity index (χ4n) is 3.36. The highest BCUT2D eigenvalue weighted by atomic mass is 35.5. The normalized spacial score (nSPS) is 12.3. The first-order chi connectivity index (χ1) is 15.5. The van der Waals surface area contributed by atoms with Crippen LogP contribution < -0.4 is 9.62 Å². The lowest BCUT2D eigenvalue weighted by Crippen LogP contribution is -2.53. The number of nitrogens with one attached hydrogen (secondary N) is 1. The predicted octanol–water partition coefficient (Wildman–Crippen LogP) is 4.09. The van der Waals surface area contributed by atoms with Crippen LogP contribution in [-0.4, -0.2) is 50.0 Å². The van der Waals surface area contributed by atoms with Crippen LogP contribution in [0.5, 0.6) is 0 Å². The molecule has 0 radical (unpaired) electrons. The third-order valence-corrected chi connectivity index (χ3v) is 6.83. The Labute approximate surface area is 205 Å². The third kappa shape index (κ3) is 7.35. The number of carbonyl (C=O) groups is 2. The van der Waals surface area contributed by atoms with E-state index in [1.807, 2.05) is 44.2 Å². The first-order valence-corrected chi connectivity index (χ1v) is 13.1. The van der Waals surface area contributed by atoms with Crippen LogP contribution in [0.1, 0.15) is 32.8 Å². The summed E-state index contributed by atoms with van der Waals surface area (Å²) in [5.41, 5.74) is 0.910. The van der Waals surface area contributed by atoms with Gasteiger partial charge >= 0.3 is 0 Å². The van der Waals surface area contributed by atoms with Gasteiger partial charge in [-0.15, -0.1) is 0 Å². The zero-order chi connectivity index (χ0) is 24.8. The lowest BCUT2D eigenvalue weighted by Gasteiger charge is -2.33. The summed E-state index contributed by atoms with van der Waals surface area (Å²) < 4.78 is 26.1. The standard InChI is InChI=1S/C23H29Cl2N3O4S/c1-5-19(23(30)26-16(2)3)27(14-17-10-7-6-8-11-17)21(29)15-28(33(4,31)32)20-13-9-12-18(24)22(20)25/h6-13,16,19H,5,14-15H2,1-4H3,(H,26,30)/t19-/m1/s1. The van der Waals surface area contributed by atoms with E-state index >= 15 is 0 Å². The van der Waals surface area contributed by atoms with Gasteiger partial charge in [0, 0.05) is 12.6 Å². The Kier molecular flexibility index (Phi) is 9.57. The van der Waals surface area contributed by atoms with Crippen molar-refractivity contribution < 1.29 is 18.0 Å². The van der Waals surface area contributed by atoms with E-state index in [2.05, 4.69) is 5.32 Å². The molecule has 0 bridgehead atoms. The summed E-state index contributed by atoms with van der Waals surface area (Å²) in [4.78, 5) is 27.8. The summed E-state index contributed by atoms with van der Waals surface area (Å²) in [7, 11) is -3.89. The second-order valence-electron chi connectivity index (χ2n) is 7.94. The lowest BCUT2D eigenvalue weighted by atomic mass is 10.1. The van der Waals surface area contributed by atoms with Gasteiger partial charge in [-0.05, 0) is 38.0 Å². The molecule has 0 aromatic heterocycles. The zero-order valence-electron chi connectivity index (χ0n) is 19.1. The number of hydrogen-bond acceptors (Lipinski definition) is 4. The number of sulfonamides is 1. The van der Waals surface area contributed by atoms with Crippen molar-refractivity contribution in [3.63, 3.8) is 0 Å². The van der Waals surface area contributed by atoms with Gasteiger partial charge in [0.2, 0.25) is 21.8 Å². The molecule has 0 heterocycles. The van der Waals surface area contributed by atoms with E-state index in [-0.39, 0.29) is 34.2 Å². The molecule has 0 spiro atoms. The predicted molar refractivity (Wildman–Crippen MR) is 133 cm³/mol. The lowest BCUT2D eigenvalue weighted by molar-refractivity contribution is -0.140. The van der Waals surface area contributed by atoms with Crippen LogP contribution in [0.3, 0.4) is 0 Å². The first-order valence-electron chi connectivity index (χ1n) is 10.5. The molecule has 2 rings (SSSR count). The highest BCUT2D eigenvalue weighted by molar-refractivity contribution is 7.92. The second-order valence-corrected chi connectivity index (χ2v) is 10.6. The smallest absolute Gasteiger partial charge is 0.244 e. The molecule has 0 aliphatic heterocycles. The number of rotatable bonds is 10. The molecule has 7 nitrogen and oxygen atoms in total. The van der Waals surface area contributed by atoms with Crippen molar-refractivity contribution in [2.75, 3.05) is 17.1 Å². The number of amides is 2. The van der Waals surface area contributed by atoms with E-state index in [0.717, 1.165) is 16.1 Å². The Morgan fingerprint density at radius 1 is 1.03 bits per heavy atom. The van der Waals surface area contributed by atoms with Gasteiger partial charge < -0.3 is 10.2 Å². The molecule has 1 atom stereocenters. The van der Waals surface area contributed by atoms with Gasteiger partial charge in [-0.3, -0.25) is 13.9 Å². The van der Waals surface area contributed by atoms with E-state index in [1.54, 1.807) is 13.0 Å². The fraction of sp³-hybridized carbons (Fsp3) is 0.391. The molecule has 0 aliphatic carbocycles. The molecule has 0 saturated carbocycles. The maximum absolute atomic E-state index is 13.5. The molecule has 180 valence electrons. The molecule has 1 N–H and O–H groups in total. The first kappa shape index (κ1) is 27.0. The van der Waals surface area contributed by atoms with Gasteiger partial charge in [-0.2, -0.15) is 0 Å². The maximum atomic E-state index is 13.5. The number of anilines is 1. The van der Waals surface area contributed by atoms with Crippen molar-refractivity contribution in [1.29, 1.82) is 0 Å². The Hall–Kier alpha value is -2.29. The molecule has 0 unspecified atom stereocenters. The van der Waals surface area contributed by atoms with Crippen LogP contribution >= 0.6 is 23.2 Å². The quantitative estimate of drug-likeness (QED) is 0.518. The van der Waals surface area contributed by atoms with Crippen LogP contribution in [0.2, 0.25) is 10.0 Å². The Morgan fingerprint density at radius 2 is 1.67 bits per heavy atom. The number of carbonyl (C=O) groups excluding carboxylic acids is 2. The van der Waals surface area contributed by atoms with E-state index in [0.29, 0.717) is 6.42 Å². The third-order valence-electron chi connectivity index (χ3n) is 4.89. The van der Waals surface area contributed by atoms with Crippen LogP contribution in [0.4, 0.5) is 5.69 Å². The van der Waals surface area contributed by atoms with E-state index in [9.17, 15) is 18.0 Å². The summed E-state index contributed by atoms with van der Waals surface area (Å²) in [5, 5.41) is 3.03. The number of benzene rings is 2. The average Bonchev–Trinajstić information content (AvgIpc) is 2.73. The van der Waals surface area contributed by atoms with Gasteiger partial charge in [0.25, 0.3) is 0 Å². The highest BCUT2D eigenvalue weighted by Gasteiger charge is 2.32. The summed E-state index contributed by atoms with van der Waals surface area (Å²) in [6.07, 6.45) is 1.34. The number of halogens is 2. The molecule has 2 aromatic rings. The molecular weight excluding hydrogens is 485 g/mol. The SMILES string of the molecule is CC[C@H](C(=O)NC(C)C)N(Cc1ccccc1)C(=O)CN(c1cccc(Cl)c1Cl)S(C)(=O)=O. The minimum absolute atomic E-state index is 0.0246. The molecule has 0 aliphatic rings. The van der Waals surface area contributed by atoms with Crippen molar-refractivity contribution in [2.45, 2.75) is 45.8 Å². The van der Waals surface area contributed by atoms with Crippen LogP contribution in [0.15, 0.2) is 48.5 Å². The molecule has 2 aromatic carbocycles. The van der Waals surface area contributed by atoms with E-state index in [4.69, 9.17) is 23.2 Å². The van der Waals surface area contributed by atoms with Crippen molar-refractivity contribution >= 4 is 50.7 Å². The van der Waals surface area contributed by atoms with Crippen molar-refractivity contribution in [1.82, 2.24) is 10.2 Å². The van der Waals surface area contributed by atoms with Crippen LogP contribution in [0, 0.1) is 0 Å². The number of nitrogens with zero attached hydrogens (tertiary/aromatic N) is 2. The molecule has 0 fully saturated rings. The summed E-state index contributed by atoms with van der Waals surface area (Å²) in [6, 6.07) is 12.9. The van der Waals surface area contributed by atoms with Crippen LogP contribution in [0.25, 0.3) is 0 Å². The summed E-state index contributed by atoms with van der Waals surface area (Å²) >= 11 is 12.3. The Morgan fingerprint density at radius 3 is 2.21 bits per heavy atom. The van der Waals surface area contributed by atoms with Gasteiger partial charge in [0.1, 0.15) is 12.6 Å². The minimum atomic E-state index is -3.89. The van der Waals surface area contributed by atoms with Gasteiger partial charge in [-0.1, -0.05) is 66.5 Å². The summed E-state index contributed by atoms with van der Waals surface area (Å²) in [6.45, 7) is 5.08. The maximum Gasteiger partial charge on any atom is 0.244 e. The molecular formula is C23H29Cl2N3O4S. The van der Waals surface area contributed by atoms with Crippen molar-refractivity contribution in [3.8, 4) is 0 Å². The fourth-order valence-corrected chi connectivity index (χ4v) is 4.66. The topological polar surface area (TPSA) is 86.8 Å². The Bertz CT molecular complexity index is 1080. The van der Waals surface area contributed by atoms with Crippen LogP contribution in [-0.2, 0) is 26.2 Å². The van der Waals surface area contributed by atoms with Crippen molar-refractivity contribution in [3.05, 3.63) is 64.1 Å². The molecule has 0 saturated heterocycles. The summed E-state index contributed by atoms with van der Waals surface area (Å²) in [5.74, 6) is -0.838. The van der Waals surface area contributed by atoms with Gasteiger partial charge in [-0.25, -0.2) is 8.42 Å². The molecule has 10 heteroatoms. The number of hydrogen-bond donors (Lipinski definition) is 1. The molecule has 33 heavy (non-hydrogen) atoms. The Balaban J connectivity index is 2.46.